The maximum Gasteiger partial charge on any atom is 0.236 e. The number of halogens is 1. The van der Waals surface area contributed by atoms with Gasteiger partial charge in [0.05, 0.1) is 12.8 Å². The molecule has 0 aliphatic carbocycles. The molecule has 8 heteroatoms. The number of aliphatic imine (C=N–C) groups is 1. The Morgan fingerprint density at radius 3 is 2.53 bits per heavy atom. The molecule has 0 aromatic carbocycles. The van der Waals surface area contributed by atoms with Crippen molar-refractivity contribution in [1.82, 2.24) is 20.0 Å². The van der Waals surface area contributed by atoms with E-state index in [1.165, 1.54) is 6.42 Å². The van der Waals surface area contributed by atoms with E-state index in [0.29, 0.717) is 12.5 Å². The number of hydrogen-bond acceptors (Lipinski definition) is 4. The molecule has 0 bridgehead atoms. The van der Waals surface area contributed by atoms with Crippen LogP contribution in [0, 0.1) is 0 Å². The lowest BCUT2D eigenvalue weighted by molar-refractivity contribution is -0.133. The molecular formula is C22H38IN5O2. The third-order valence-electron chi connectivity index (χ3n) is 5.75. The zero-order valence-electron chi connectivity index (χ0n) is 18.4. The van der Waals surface area contributed by atoms with Gasteiger partial charge in [0.1, 0.15) is 5.76 Å². The molecule has 3 heterocycles. The van der Waals surface area contributed by atoms with Crippen LogP contribution in [0.15, 0.2) is 27.8 Å². The van der Waals surface area contributed by atoms with Crippen molar-refractivity contribution < 1.29 is 9.21 Å². The molecule has 30 heavy (non-hydrogen) atoms. The minimum Gasteiger partial charge on any atom is -0.469 e. The molecule has 1 aromatic heterocycles. The Bertz CT molecular complexity index is 623. The van der Waals surface area contributed by atoms with E-state index in [9.17, 15) is 4.79 Å². The number of rotatable bonds is 8. The maximum atomic E-state index is 12.5. The molecule has 1 amide bonds. The van der Waals surface area contributed by atoms with E-state index in [1.807, 2.05) is 17.0 Å². The molecule has 0 unspecified atom stereocenters. The average molecular weight is 531 g/mol. The fourth-order valence-corrected chi connectivity index (χ4v) is 3.92. The number of nitrogens with zero attached hydrogens (tertiary/aromatic N) is 4. The summed E-state index contributed by atoms with van der Waals surface area (Å²) in [5.74, 6) is 2.28. The fourth-order valence-electron chi connectivity index (χ4n) is 3.92. The molecule has 170 valence electrons. The third-order valence-corrected chi connectivity index (χ3v) is 5.75. The first kappa shape index (κ1) is 25.0. The smallest absolute Gasteiger partial charge is 0.236 e. The SMILES string of the molecule is CCCCN=C(NCCc1ccco1)N1CCN(CC(=O)N2CCCCC2)CC1.I. The number of nitrogens with one attached hydrogen (secondary N) is 1. The molecule has 2 fully saturated rings. The topological polar surface area (TPSA) is 64.3 Å². The van der Waals surface area contributed by atoms with Gasteiger partial charge in [-0.15, -0.1) is 24.0 Å². The number of furan rings is 1. The van der Waals surface area contributed by atoms with Crippen molar-refractivity contribution in [2.24, 2.45) is 4.99 Å². The van der Waals surface area contributed by atoms with E-state index in [4.69, 9.17) is 9.41 Å². The summed E-state index contributed by atoms with van der Waals surface area (Å²) in [5.41, 5.74) is 0. The second-order valence-corrected chi connectivity index (χ2v) is 8.02. The van der Waals surface area contributed by atoms with Gasteiger partial charge in [-0.05, 0) is 37.8 Å². The minimum absolute atomic E-state index is 0. The Morgan fingerprint density at radius 2 is 1.87 bits per heavy atom. The predicted molar refractivity (Wildman–Crippen MR) is 131 cm³/mol. The van der Waals surface area contributed by atoms with E-state index in [2.05, 4.69) is 22.0 Å². The highest BCUT2D eigenvalue weighted by Crippen LogP contribution is 2.10. The number of piperidine rings is 1. The number of carbonyl (C=O) groups excluding carboxylic acids is 1. The summed E-state index contributed by atoms with van der Waals surface area (Å²) in [4.78, 5) is 24.0. The van der Waals surface area contributed by atoms with Crippen molar-refractivity contribution >= 4 is 35.8 Å². The van der Waals surface area contributed by atoms with Gasteiger partial charge in [-0.25, -0.2) is 0 Å². The number of guanidine groups is 1. The molecule has 7 nitrogen and oxygen atoms in total. The van der Waals surface area contributed by atoms with E-state index in [1.54, 1.807) is 6.26 Å². The Morgan fingerprint density at radius 1 is 1.10 bits per heavy atom. The molecule has 3 rings (SSSR count). The van der Waals surface area contributed by atoms with Gasteiger partial charge in [-0.2, -0.15) is 0 Å². The highest BCUT2D eigenvalue weighted by molar-refractivity contribution is 14.0. The summed E-state index contributed by atoms with van der Waals surface area (Å²) < 4.78 is 5.42. The maximum absolute atomic E-state index is 12.5. The van der Waals surface area contributed by atoms with Gasteiger partial charge < -0.3 is 19.5 Å². The van der Waals surface area contributed by atoms with Crippen molar-refractivity contribution in [2.45, 2.75) is 45.4 Å². The van der Waals surface area contributed by atoms with Crippen LogP contribution in [0.3, 0.4) is 0 Å². The zero-order chi connectivity index (χ0) is 20.3. The highest BCUT2D eigenvalue weighted by atomic mass is 127. The second-order valence-electron chi connectivity index (χ2n) is 8.02. The molecule has 1 aromatic rings. The van der Waals surface area contributed by atoms with Gasteiger partial charge in [-0.3, -0.25) is 14.7 Å². The van der Waals surface area contributed by atoms with Crippen molar-refractivity contribution in [1.29, 1.82) is 0 Å². The Kier molecular flexibility index (Phi) is 11.6. The van der Waals surface area contributed by atoms with Crippen LogP contribution in [0.5, 0.6) is 0 Å². The van der Waals surface area contributed by atoms with Gasteiger partial charge in [-0.1, -0.05) is 13.3 Å². The van der Waals surface area contributed by atoms with Gasteiger partial charge >= 0.3 is 0 Å². The normalized spacial score (nSPS) is 18.2. The molecular weight excluding hydrogens is 493 g/mol. The predicted octanol–water partition coefficient (Wildman–Crippen LogP) is 2.82. The van der Waals surface area contributed by atoms with Crippen LogP contribution in [0.4, 0.5) is 0 Å². The molecule has 0 saturated carbocycles. The summed E-state index contributed by atoms with van der Waals surface area (Å²) in [5, 5.41) is 3.52. The zero-order valence-corrected chi connectivity index (χ0v) is 20.7. The molecule has 0 atom stereocenters. The Labute approximate surface area is 198 Å². The van der Waals surface area contributed by atoms with Crippen LogP contribution in [-0.2, 0) is 11.2 Å². The summed E-state index contributed by atoms with van der Waals surface area (Å²) in [6.07, 6.45) is 8.39. The lowest BCUT2D eigenvalue weighted by Crippen LogP contribution is -2.54. The van der Waals surface area contributed by atoms with Crippen LogP contribution in [0.25, 0.3) is 0 Å². The van der Waals surface area contributed by atoms with Crippen LogP contribution >= 0.6 is 24.0 Å². The van der Waals surface area contributed by atoms with E-state index in [0.717, 1.165) is 96.2 Å². The summed E-state index contributed by atoms with van der Waals surface area (Å²) >= 11 is 0. The van der Waals surface area contributed by atoms with Gasteiger partial charge in [0.2, 0.25) is 5.91 Å². The molecule has 2 aliphatic rings. The fraction of sp³-hybridized carbons (Fsp3) is 0.727. The van der Waals surface area contributed by atoms with Crippen molar-refractivity contribution in [3.05, 3.63) is 24.2 Å². The standard InChI is InChI=1S/C22H37N5O2.HI/c1-2-3-10-23-22(24-11-9-20-8-7-18-29-20)27-16-14-25(15-17-27)19-21(28)26-12-5-4-6-13-26;/h7-8,18H,2-6,9-17,19H2,1H3,(H,23,24);1H. The molecule has 1 N–H and O–H groups in total. The highest BCUT2D eigenvalue weighted by Gasteiger charge is 2.24. The molecule has 2 saturated heterocycles. The monoisotopic (exact) mass is 531 g/mol. The average Bonchev–Trinajstić information content (AvgIpc) is 3.27. The van der Waals surface area contributed by atoms with Gasteiger partial charge in [0.25, 0.3) is 0 Å². The number of carbonyl (C=O) groups is 1. The van der Waals surface area contributed by atoms with Crippen molar-refractivity contribution in [3.63, 3.8) is 0 Å². The lowest BCUT2D eigenvalue weighted by atomic mass is 10.1. The van der Waals surface area contributed by atoms with Crippen LogP contribution in [-0.4, -0.2) is 85.5 Å². The number of hydrogen-bond donors (Lipinski definition) is 1. The number of amides is 1. The number of likely N-dealkylation sites (tertiary alicyclic amines) is 1. The summed E-state index contributed by atoms with van der Waals surface area (Å²) in [6.45, 7) is 9.93. The van der Waals surface area contributed by atoms with Crippen molar-refractivity contribution in [3.8, 4) is 0 Å². The molecule has 2 aliphatic heterocycles. The Balaban J connectivity index is 0.00000320. The minimum atomic E-state index is 0. The van der Waals surface area contributed by atoms with Gasteiger partial charge in [0, 0.05) is 58.8 Å². The number of unbranched alkanes of at least 4 members (excludes halogenated alkanes) is 1. The van der Waals surface area contributed by atoms with E-state index >= 15 is 0 Å². The molecule has 0 radical (unpaired) electrons. The lowest BCUT2D eigenvalue weighted by Gasteiger charge is -2.37. The van der Waals surface area contributed by atoms with E-state index in [-0.39, 0.29) is 24.0 Å². The third kappa shape index (κ3) is 8.09. The first-order chi connectivity index (χ1) is 14.3. The number of piperazine rings is 1. The van der Waals surface area contributed by atoms with Crippen molar-refractivity contribution in [2.75, 3.05) is 58.9 Å². The summed E-state index contributed by atoms with van der Waals surface area (Å²) in [7, 11) is 0. The summed E-state index contributed by atoms with van der Waals surface area (Å²) in [6, 6.07) is 3.93. The van der Waals surface area contributed by atoms with Crippen LogP contribution in [0.1, 0.15) is 44.8 Å². The van der Waals surface area contributed by atoms with E-state index < -0.39 is 0 Å². The van der Waals surface area contributed by atoms with Crippen LogP contribution in [0.2, 0.25) is 0 Å². The van der Waals surface area contributed by atoms with Gasteiger partial charge in [0.15, 0.2) is 5.96 Å². The Hall–Kier alpha value is -1.29. The quantitative estimate of drug-likeness (QED) is 0.242. The van der Waals surface area contributed by atoms with Crippen LogP contribution < -0.4 is 5.32 Å². The molecule has 0 spiro atoms. The second kappa shape index (κ2) is 13.9. The first-order valence-corrected chi connectivity index (χ1v) is 11.3. The first-order valence-electron chi connectivity index (χ1n) is 11.3. The largest absolute Gasteiger partial charge is 0.469 e.